The number of H-pyrrole nitrogens is 2. The number of rotatable bonds is 6. The summed E-state index contributed by atoms with van der Waals surface area (Å²) in [6.07, 6.45) is 7.26. The molecule has 0 atom stereocenters. The molecule has 0 fully saturated rings. The van der Waals surface area contributed by atoms with Gasteiger partial charge in [0.1, 0.15) is 12.0 Å². The fourth-order valence-electron chi connectivity index (χ4n) is 3.47. The summed E-state index contributed by atoms with van der Waals surface area (Å²) in [5, 5.41) is 14.7. The maximum atomic E-state index is 12.5. The number of fused-ring (bicyclic) bond motifs is 2. The quantitative estimate of drug-likeness (QED) is 0.213. The van der Waals surface area contributed by atoms with Gasteiger partial charge in [-0.15, -0.1) is 0 Å². The van der Waals surface area contributed by atoms with Crippen LogP contribution in [0, 0.1) is 0 Å². The number of aromatic amines is 2. The average Bonchev–Trinajstić information content (AvgIpc) is 3.50. The monoisotopic (exact) mass is 452 g/mol. The molecule has 5 aromatic rings. The Labute approximate surface area is 193 Å². The van der Waals surface area contributed by atoms with Crippen LogP contribution in [0.3, 0.4) is 0 Å². The van der Waals surface area contributed by atoms with Crippen LogP contribution in [0.2, 0.25) is 0 Å². The smallest absolute Gasteiger partial charge is 0.272 e. The van der Waals surface area contributed by atoms with Crippen molar-refractivity contribution in [2.75, 3.05) is 5.32 Å². The number of aromatic nitrogens is 6. The van der Waals surface area contributed by atoms with Crippen LogP contribution in [0.5, 0.6) is 0 Å². The largest absolute Gasteiger partial charge is 0.405 e. The molecule has 2 aromatic carbocycles. The number of anilines is 2. The van der Waals surface area contributed by atoms with E-state index in [9.17, 15) is 4.79 Å². The third-order valence-electron chi connectivity index (χ3n) is 5.11. The molecule has 0 spiro atoms. The topological polar surface area (TPSA) is 176 Å². The van der Waals surface area contributed by atoms with Gasteiger partial charge in [0.25, 0.3) is 5.91 Å². The molecule has 8 N–H and O–H groups in total. The van der Waals surface area contributed by atoms with Gasteiger partial charge in [0.15, 0.2) is 5.82 Å². The summed E-state index contributed by atoms with van der Waals surface area (Å²) < 4.78 is 0. The van der Waals surface area contributed by atoms with Crippen LogP contribution in [0.4, 0.5) is 11.6 Å². The van der Waals surface area contributed by atoms with Gasteiger partial charge in [-0.2, -0.15) is 10.1 Å². The minimum Gasteiger partial charge on any atom is -0.405 e. The molecule has 0 unspecified atom stereocenters. The number of carbonyl (C=O) groups is 1. The summed E-state index contributed by atoms with van der Waals surface area (Å²) in [5.41, 5.74) is 14.9. The Balaban J connectivity index is 1.39. The summed E-state index contributed by atoms with van der Waals surface area (Å²) >= 11 is 0. The van der Waals surface area contributed by atoms with Crippen molar-refractivity contribution >= 4 is 39.3 Å². The van der Waals surface area contributed by atoms with Crippen molar-refractivity contribution in [3.05, 3.63) is 84.9 Å². The lowest BCUT2D eigenvalue weighted by Crippen LogP contribution is -2.23. The molecule has 0 saturated carbocycles. The second kappa shape index (κ2) is 8.74. The molecule has 34 heavy (non-hydrogen) atoms. The van der Waals surface area contributed by atoms with Gasteiger partial charge in [-0.05, 0) is 42.6 Å². The van der Waals surface area contributed by atoms with Crippen molar-refractivity contribution in [3.63, 3.8) is 0 Å². The fraction of sp³-hybridized carbons (Fsp3) is 0. The molecule has 11 nitrogen and oxygen atoms in total. The van der Waals surface area contributed by atoms with Gasteiger partial charge in [-0.1, -0.05) is 12.1 Å². The highest BCUT2D eigenvalue weighted by Crippen LogP contribution is 2.24. The second-order valence-corrected chi connectivity index (χ2v) is 7.35. The van der Waals surface area contributed by atoms with E-state index in [-0.39, 0.29) is 5.91 Å². The lowest BCUT2D eigenvalue weighted by molar-refractivity contribution is 0.0963. The van der Waals surface area contributed by atoms with E-state index in [0.717, 1.165) is 33.1 Å². The number of allylic oxidation sites excluding steroid dienone is 1. The van der Waals surface area contributed by atoms with Crippen LogP contribution < -0.4 is 22.1 Å². The molecule has 11 heteroatoms. The normalized spacial score (nSPS) is 11.9. The predicted octanol–water partition coefficient (Wildman–Crippen LogP) is 2.64. The number of nitrogens with two attached hydrogens (primary N) is 2. The van der Waals surface area contributed by atoms with Crippen LogP contribution >= 0.6 is 0 Å². The van der Waals surface area contributed by atoms with E-state index in [1.165, 1.54) is 24.8 Å². The third kappa shape index (κ3) is 4.12. The van der Waals surface area contributed by atoms with Crippen molar-refractivity contribution in [1.29, 1.82) is 0 Å². The van der Waals surface area contributed by atoms with E-state index < -0.39 is 0 Å². The Kier molecular flexibility index (Phi) is 5.32. The zero-order chi connectivity index (χ0) is 23.5. The molecular weight excluding hydrogens is 432 g/mol. The first-order chi connectivity index (χ1) is 16.6. The first-order valence-corrected chi connectivity index (χ1v) is 10.3. The number of benzene rings is 2. The standard InChI is InChI=1S/C23H20N10O/c24-6-5-17(10-25)29-22(34)20-8-13-1-2-14(9-19(13)31-20)21-26-12-27-23(32-21)30-16-3-4-18-15(7-16)11-28-33-18/h1-12,31H,24-25H2,(H,28,33)(H,29,34)(H,26,27,30,32)/b6-5-,17-10+. The minimum absolute atomic E-state index is 0.339. The summed E-state index contributed by atoms with van der Waals surface area (Å²) in [6.45, 7) is 0. The average molecular weight is 452 g/mol. The molecule has 5 rings (SSSR count). The SMILES string of the molecule is N/C=C\C(=C/N)NC(=O)c1cc2ccc(-c3ncnc(Nc4ccc5[nH]ncc5c4)n3)cc2[nH]1. The van der Waals surface area contributed by atoms with Crippen LogP contribution in [-0.4, -0.2) is 36.0 Å². The highest BCUT2D eigenvalue weighted by Gasteiger charge is 2.12. The highest BCUT2D eigenvalue weighted by molar-refractivity contribution is 5.99. The van der Waals surface area contributed by atoms with Crippen molar-refractivity contribution in [2.45, 2.75) is 0 Å². The summed E-state index contributed by atoms with van der Waals surface area (Å²) in [7, 11) is 0. The van der Waals surface area contributed by atoms with Gasteiger partial charge in [-0.3, -0.25) is 9.89 Å². The Morgan fingerprint density at radius 2 is 1.91 bits per heavy atom. The molecule has 0 aliphatic carbocycles. The molecule has 3 aromatic heterocycles. The van der Waals surface area contributed by atoms with Crippen LogP contribution in [0.1, 0.15) is 10.5 Å². The first-order valence-electron chi connectivity index (χ1n) is 10.3. The molecule has 168 valence electrons. The van der Waals surface area contributed by atoms with E-state index in [0.29, 0.717) is 23.2 Å². The molecule has 0 aliphatic heterocycles. The molecule has 0 saturated heterocycles. The van der Waals surface area contributed by atoms with Crippen molar-refractivity contribution in [3.8, 4) is 11.4 Å². The van der Waals surface area contributed by atoms with E-state index in [1.807, 2.05) is 36.4 Å². The number of hydrogen-bond donors (Lipinski definition) is 6. The van der Waals surface area contributed by atoms with Gasteiger partial charge in [-0.25, -0.2) is 9.97 Å². The summed E-state index contributed by atoms with van der Waals surface area (Å²) in [4.78, 5) is 28.7. The Morgan fingerprint density at radius 3 is 2.76 bits per heavy atom. The molecule has 0 bridgehead atoms. The highest BCUT2D eigenvalue weighted by atomic mass is 16.1. The number of nitrogens with zero attached hydrogens (tertiary/aromatic N) is 4. The van der Waals surface area contributed by atoms with E-state index in [1.54, 1.807) is 12.3 Å². The van der Waals surface area contributed by atoms with Crippen molar-refractivity contribution < 1.29 is 4.79 Å². The van der Waals surface area contributed by atoms with Gasteiger partial charge >= 0.3 is 0 Å². The molecular formula is C23H20N10O. The van der Waals surface area contributed by atoms with Crippen LogP contribution in [0.15, 0.2) is 79.2 Å². The predicted molar refractivity (Wildman–Crippen MR) is 130 cm³/mol. The Hall–Kier alpha value is -5.19. The van der Waals surface area contributed by atoms with Gasteiger partial charge in [0.2, 0.25) is 5.95 Å². The van der Waals surface area contributed by atoms with Crippen LogP contribution in [-0.2, 0) is 0 Å². The lowest BCUT2D eigenvalue weighted by atomic mass is 10.1. The maximum Gasteiger partial charge on any atom is 0.272 e. The number of carbonyl (C=O) groups excluding carboxylic acids is 1. The Bertz CT molecular complexity index is 1560. The maximum absolute atomic E-state index is 12.5. The molecule has 1 amide bonds. The second-order valence-electron chi connectivity index (χ2n) is 7.35. The van der Waals surface area contributed by atoms with Crippen LogP contribution in [0.25, 0.3) is 33.2 Å². The van der Waals surface area contributed by atoms with Crippen molar-refractivity contribution in [2.24, 2.45) is 11.5 Å². The van der Waals surface area contributed by atoms with E-state index in [2.05, 4.69) is 40.8 Å². The van der Waals surface area contributed by atoms with E-state index in [4.69, 9.17) is 11.5 Å². The summed E-state index contributed by atoms with van der Waals surface area (Å²) in [5.74, 6) is 0.563. The number of hydrogen-bond acceptors (Lipinski definition) is 8. The fourth-order valence-corrected chi connectivity index (χ4v) is 3.47. The van der Waals surface area contributed by atoms with Gasteiger partial charge < -0.3 is 27.1 Å². The summed E-state index contributed by atoms with van der Waals surface area (Å²) in [6, 6.07) is 13.2. The molecule has 3 heterocycles. The van der Waals surface area contributed by atoms with Crippen molar-refractivity contribution in [1.82, 2.24) is 35.5 Å². The first kappa shape index (κ1) is 20.7. The number of amides is 1. The third-order valence-corrected chi connectivity index (χ3v) is 5.11. The lowest BCUT2D eigenvalue weighted by Gasteiger charge is -2.06. The zero-order valence-corrected chi connectivity index (χ0v) is 17.8. The molecule has 0 aliphatic rings. The van der Waals surface area contributed by atoms with Gasteiger partial charge in [0, 0.05) is 33.7 Å². The zero-order valence-electron chi connectivity index (χ0n) is 17.8. The van der Waals surface area contributed by atoms with Gasteiger partial charge in [0.05, 0.1) is 17.4 Å². The van der Waals surface area contributed by atoms with E-state index >= 15 is 0 Å². The number of nitrogens with one attached hydrogen (secondary N) is 4. The Morgan fingerprint density at radius 1 is 1.00 bits per heavy atom. The minimum atomic E-state index is -0.339. The molecule has 0 radical (unpaired) electrons.